The number of hydrogen-bond donors (Lipinski definition) is 10. The molecule has 2 aliphatic heterocycles. The Labute approximate surface area is 241 Å². The molecule has 10 atom stereocenters. The van der Waals surface area contributed by atoms with E-state index in [1.807, 2.05) is 0 Å². The topological polar surface area (TPSA) is 269 Å². The first kappa shape index (κ1) is 30.9. The fourth-order valence-corrected chi connectivity index (χ4v) is 4.81. The first-order valence-corrected chi connectivity index (χ1v) is 13.0. The van der Waals surface area contributed by atoms with Crippen molar-refractivity contribution in [2.75, 3.05) is 13.2 Å². The summed E-state index contributed by atoms with van der Waals surface area (Å²) < 4.78 is 27.2. The predicted octanol–water partition coefficient (Wildman–Crippen LogP) is -2.77. The van der Waals surface area contributed by atoms with Gasteiger partial charge < -0.3 is 74.4 Å². The molecular weight excluding hydrogens is 580 g/mol. The van der Waals surface area contributed by atoms with Crippen LogP contribution < -0.4 is 14.9 Å². The minimum atomic E-state index is -1.85. The Kier molecular flexibility index (Phi) is 8.77. The van der Waals surface area contributed by atoms with Gasteiger partial charge in [-0.25, -0.2) is 0 Å². The molecule has 3 heterocycles. The molecule has 0 spiro atoms. The number of phenolic OH excluding ortho intramolecular Hbond substituents is 2. The number of benzene rings is 2. The van der Waals surface area contributed by atoms with Gasteiger partial charge in [0, 0.05) is 17.7 Å². The molecule has 0 amide bonds. The summed E-state index contributed by atoms with van der Waals surface area (Å²) in [5.41, 5.74) is -0.657. The monoisotopic (exact) mass is 610 g/mol. The lowest BCUT2D eigenvalue weighted by molar-refractivity contribution is -0.277. The summed E-state index contributed by atoms with van der Waals surface area (Å²) in [6.07, 6.45) is -15.7. The summed E-state index contributed by atoms with van der Waals surface area (Å²) in [4.78, 5) is 13.0. The molecule has 0 aliphatic carbocycles. The van der Waals surface area contributed by atoms with Gasteiger partial charge >= 0.3 is 0 Å². The maximum absolute atomic E-state index is 13.0. The summed E-state index contributed by atoms with van der Waals surface area (Å²) in [6, 6.07) is 7.81. The van der Waals surface area contributed by atoms with E-state index in [4.69, 9.17) is 23.4 Å². The lowest BCUT2D eigenvalue weighted by Gasteiger charge is -2.39. The molecular formula is C27H30O16. The molecule has 3 aromatic rings. The molecule has 16 nitrogen and oxygen atoms in total. The van der Waals surface area contributed by atoms with Gasteiger partial charge in [-0.05, 0) is 24.3 Å². The van der Waals surface area contributed by atoms with E-state index >= 15 is 0 Å². The van der Waals surface area contributed by atoms with Crippen LogP contribution in [0.4, 0.5) is 0 Å². The zero-order valence-electron chi connectivity index (χ0n) is 22.1. The van der Waals surface area contributed by atoms with Crippen LogP contribution in [0.5, 0.6) is 23.0 Å². The van der Waals surface area contributed by atoms with Gasteiger partial charge in [-0.3, -0.25) is 4.79 Å². The zero-order chi connectivity index (χ0) is 31.2. The Morgan fingerprint density at radius 2 is 1.23 bits per heavy atom. The van der Waals surface area contributed by atoms with Crippen molar-refractivity contribution in [3.05, 3.63) is 46.6 Å². The molecule has 2 aromatic carbocycles. The van der Waals surface area contributed by atoms with Gasteiger partial charge in [-0.1, -0.05) is 0 Å². The van der Waals surface area contributed by atoms with E-state index in [0.717, 1.165) is 12.1 Å². The van der Waals surface area contributed by atoms with Gasteiger partial charge in [0.15, 0.2) is 16.9 Å². The summed E-state index contributed by atoms with van der Waals surface area (Å²) >= 11 is 0. The molecule has 0 bridgehead atoms. The smallest absolute Gasteiger partial charge is 0.229 e. The summed E-state index contributed by atoms with van der Waals surface area (Å²) in [5.74, 6) is -2.12. The number of aromatic hydroxyl groups is 2. The molecule has 2 saturated heterocycles. The number of ether oxygens (including phenoxy) is 4. The van der Waals surface area contributed by atoms with Crippen molar-refractivity contribution in [2.24, 2.45) is 0 Å². The Balaban J connectivity index is 1.38. The highest BCUT2D eigenvalue weighted by molar-refractivity contribution is 5.89. The van der Waals surface area contributed by atoms with E-state index in [1.54, 1.807) is 0 Å². The van der Waals surface area contributed by atoms with Crippen LogP contribution in [-0.2, 0) is 9.47 Å². The molecule has 0 saturated carbocycles. The lowest BCUT2D eigenvalue weighted by Crippen LogP contribution is -2.60. The molecule has 16 heteroatoms. The second-order valence-electron chi connectivity index (χ2n) is 10.1. The van der Waals surface area contributed by atoms with Crippen molar-refractivity contribution < 1.29 is 74.4 Å². The van der Waals surface area contributed by atoms with Crippen LogP contribution in [0, 0.1) is 0 Å². The van der Waals surface area contributed by atoms with Crippen molar-refractivity contribution in [1.29, 1.82) is 0 Å². The third kappa shape index (κ3) is 5.73. The zero-order valence-corrected chi connectivity index (χ0v) is 22.1. The molecule has 43 heavy (non-hydrogen) atoms. The molecule has 0 radical (unpaired) electrons. The van der Waals surface area contributed by atoms with Crippen molar-refractivity contribution in [3.8, 4) is 34.3 Å². The minimum Gasteiger partial charge on any atom is -0.504 e. The molecule has 234 valence electrons. The van der Waals surface area contributed by atoms with Crippen molar-refractivity contribution >= 4 is 11.0 Å². The van der Waals surface area contributed by atoms with E-state index in [0.29, 0.717) is 5.56 Å². The first-order valence-electron chi connectivity index (χ1n) is 13.0. The Morgan fingerprint density at radius 1 is 0.698 bits per heavy atom. The molecule has 10 N–H and O–H groups in total. The van der Waals surface area contributed by atoms with Crippen LogP contribution in [0.15, 0.2) is 45.6 Å². The highest BCUT2D eigenvalue weighted by Crippen LogP contribution is 2.43. The molecule has 1 aromatic heterocycles. The second-order valence-corrected chi connectivity index (χ2v) is 10.1. The third-order valence-electron chi connectivity index (χ3n) is 7.25. The number of rotatable bonds is 7. The van der Waals surface area contributed by atoms with E-state index in [9.17, 15) is 55.9 Å². The highest BCUT2D eigenvalue weighted by atomic mass is 16.7. The van der Waals surface area contributed by atoms with E-state index in [-0.39, 0.29) is 17.1 Å². The van der Waals surface area contributed by atoms with E-state index in [1.165, 1.54) is 24.3 Å². The molecule has 2 aliphatic rings. The standard InChI is InChI=1S/C27H30O16/c28-7-15-18(32)21(35)23(37)26(41-15)39-10-3-1-9(2-4-10)13-5-11(30)17-14(40-13)6-12(31)25(20(17)34)43-27-24(38)22(36)19(33)16(8-29)42-27/h1-6,15-16,18-19,21-24,26-29,31-38H,7-8H2. The summed E-state index contributed by atoms with van der Waals surface area (Å²) in [5, 5.41) is 99.8. The molecule has 5 rings (SSSR count). The number of fused-ring (bicyclic) bond motifs is 1. The normalized spacial score (nSPS) is 32.9. The maximum Gasteiger partial charge on any atom is 0.229 e. The second kappa shape index (κ2) is 12.2. The quantitative estimate of drug-likeness (QED) is 0.130. The average molecular weight is 611 g/mol. The fraction of sp³-hybridized carbons (Fsp3) is 0.444. The highest BCUT2D eigenvalue weighted by Gasteiger charge is 2.46. The lowest BCUT2D eigenvalue weighted by atomic mass is 9.99. The summed E-state index contributed by atoms with van der Waals surface area (Å²) in [7, 11) is 0. The van der Waals surface area contributed by atoms with Crippen LogP contribution in [0.2, 0.25) is 0 Å². The van der Waals surface area contributed by atoms with Crippen LogP contribution >= 0.6 is 0 Å². The minimum absolute atomic E-state index is 0.0123. The van der Waals surface area contributed by atoms with Gasteiger partial charge in [0.1, 0.15) is 71.3 Å². The van der Waals surface area contributed by atoms with Crippen LogP contribution in [-0.4, -0.2) is 126 Å². The summed E-state index contributed by atoms with van der Waals surface area (Å²) in [6.45, 7) is -1.37. The molecule has 2 fully saturated rings. The van der Waals surface area contributed by atoms with E-state index < -0.39 is 103 Å². The van der Waals surface area contributed by atoms with Gasteiger partial charge in [-0.2, -0.15) is 0 Å². The van der Waals surface area contributed by atoms with Gasteiger partial charge in [-0.15, -0.1) is 0 Å². The largest absolute Gasteiger partial charge is 0.504 e. The Bertz CT molecular complexity index is 1490. The Hall–Kier alpha value is -3.55. The van der Waals surface area contributed by atoms with Gasteiger partial charge in [0.2, 0.25) is 18.3 Å². The maximum atomic E-state index is 13.0. The van der Waals surface area contributed by atoms with Gasteiger partial charge in [0.05, 0.1) is 13.2 Å². The van der Waals surface area contributed by atoms with Gasteiger partial charge in [0.25, 0.3) is 0 Å². The van der Waals surface area contributed by atoms with E-state index in [2.05, 4.69) is 0 Å². The number of aliphatic hydroxyl groups is 8. The Morgan fingerprint density at radius 3 is 1.77 bits per heavy atom. The molecule has 10 unspecified atom stereocenters. The SMILES string of the molecule is O=c1cc(-c2ccc(OC3OC(CO)C(O)C(O)C3O)cc2)oc2cc(O)c(OC3OC(CO)C(O)C(O)C3O)c(O)c12. The van der Waals surface area contributed by atoms with Crippen LogP contribution in [0.25, 0.3) is 22.3 Å². The van der Waals surface area contributed by atoms with Crippen molar-refractivity contribution in [3.63, 3.8) is 0 Å². The number of hydrogen-bond acceptors (Lipinski definition) is 16. The van der Waals surface area contributed by atoms with Crippen LogP contribution in [0.1, 0.15) is 0 Å². The van der Waals surface area contributed by atoms with Crippen LogP contribution in [0.3, 0.4) is 0 Å². The third-order valence-corrected chi connectivity index (χ3v) is 7.25. The number of phenols is 2. The predicted molar refractivity (Wildman–Crippen MR) is 140 cm³/mol. The number of aliphatic hydroxyl groups excluding tert-OH is 8. The average Bonchev–Trinajstić information content (AvgIpc) is 2.99. The first-order chi connectivity index (χ1) is 20.4. The fourth-order valence-electron chi connectivity index (χ4n) is 4.81. The van der Waals surface area contributed by atoms with Crippen molar-refractivity contribution in [1.82, 2.24) is 0 Å². The van der Waals surface area contributed by atoms with Crippen molar-refractivity contribution in [2.45, 2.75) is 61.4 Å².